The van der Waals surface area contributed by atoms with Crippen molar-refractivity contribution in [3.8, 4) is 5.69 Å². The first kappa shape index (κ1) is 24.9. The average Bonchev–Trinajstić information content (AvgIpc) is 2.79. The fraction of sp³-hybridized carbons (Fsp3) is 0.304. The molecule has 0 radical (unpaired) electrons. The zero-order chi connectivity index (χ0) is 24.9. The summed E-state index contributed by atoms with van der Waals surface area (Å²) < 4.78 is 45.2. The van der Waals surface area contributed by atoms with Crippen molar-refractivity contribution in [3.63, 3.8) is 0 Å². The third-order valence-electron chi connectivity index (χ3n) is 4.95. The zero-order valence-corrected chi connectivity index (χ0v) is 18.6. The van der Waals surface area contributed by atoms with Crippen LogP contribution in [0.3, 0.4) is 0 Å². The van der Waals surface area contributed by atoms with Gasteiger partial charge in [0.25, 0.3) is 11.5 Å². The van der Waals surface area contributed by atoms with Gasteiger partial charge in [-0.2, -0.15) is 23.0 Å². The first-order chi connectivity index (χ1) is 16.1. The van der Waals surface area contributed by atoms with E-state index in [9.17, 15) is 27.6 Å². The third kappa shape index (κ3) is 5.79. The predicted octanol–water partition coefficient (Wildman–Crippen LogP) is 2.54. The van der Waals surface area contributed by atoms with Crippen molar-refractivity contribution in [2.75, 3.05) is 20.3 Å². The molecule has 3 aromatic rings. The first-order valence-corrected chi connectivity index (χ1v) is 10.4. The zero-order valence-electron chi connectivity index (χ0n) is 18.6. The molecule has 0 saturated carbocycles. The highest BCUT2D eigenvalue weighted by atomic mass is 19.4. The molecule has 34 heavy (non-hydrogen) atoms. The van der Waals surface area contributed by atoms with Crippen LogP contribution in [0.4, 0.5) is 13.2 Å². The molecule has 1 N–H and O–H groups in total. The van der Waals surface area contributed by atoms with Crippen molar-refractivity contribution in [1.82, 2.24) is 19.7 Å². The molecule has 0 aliphatic heterocycles. The molecular formula is C23H23F3N4O4. The van der Waals surface area contributed by atoms with Crippen LogP contribution in [0.2, 0.25) is 0 Å². The molecule has 0 bridgehead atoms. The second kappa shape index (κ2) is 10.5. The van der Waals surface area contributed by atoms with E-state index in [0.29, 0.717) is 18.7 Å². The molecule has 8 nitrogen and oxygen atoms in total. The Morgan fingerprint density at radius 3 is 2.44 bits per heavy atom. The number of carbonyl (C=O) groups is 1. The number of aromatic nitrogens is 3. The van der Waals surface area contributed by atoms with E-state index in [0.717, 1.165) is 26.9 Å². The summed E-state index contributed by atoms with van der Waals surface area (Å²) in [5, 5.41) is 6.57. The van der Waals surface area contributed by atoms with Gasteiger partial charge in [0, 0.05) is 20.3 Å². The summed E-state index contributed by atoms with van der Waals surface area (Å²) in [5.74, 6) is -0.774. The van der Waals surface area contributed by atoms with Gasteiger partial charge < -0.3 is 10.1 Å². The molecule has 0 spiro atoms. The summed E-state index contributed by atoms with van der Waals surface area (Å²) >= 11 is 0. The van der Waals surface area contributed by atoms with Crippen LogP contribution in [0.15, 0.2) is 58.1 Å². The fourth-order valence-electron chi connectivity index (χ4n) is 3.21. The lowest BCUT2D eigenvalue weighted by molar-refractivity contribution is -0.137. The number of hydrogen-bond acceptors (Lipinski definition) is 5. The number of alkyl halides is 3. The van der Waals surface area contributed by atoms with Gasteiger partial charge in [-0.1, -0.05) is 24.3 Å². The second-order valence-electron chi connectivity index (χ2n) is 7.57. The molecule has 1 heterocycles. The van der Waals surface area contributed by atoms with Crippen molar-refractivity contribution in [2.24, 2.45) is 0 Å². The minimum absolute atomic E-state index is 0.219. The highest BCUT2D eigenvalue weighted by Gasteiger charge is 2.30. The lowest BCUT2D eigenvalue weighted by atomic mass is 10.1. The van der Waals surface area contributed by atoms with Gasteiger partial charge in [-0.15, -0.1) is 0 Å². The van der Waals surface area contributed by atoms with E-state index in [1.165, 1.54) is 19.2 Å². The van der Waals surface area contributed by atoms with E-state index in [-0.39, 0.29) is 18.7 Å². The quantitative estimate of drug-likeness (QED) is 0.505. The van der Waals surface area contributed by atoms with Crippen LogP contribution in [0.25, 0.3) is 5.69 Å². The Morgan fingerprint density at radius 1 is 1.12 bits per heavy atom. The van der Waals surface area contributed by atoms with Crippen LogP contribution in [-0.2, 0) is 17.5 Å². The Bertz CT molecular complexity index is 1280. The predicted molar refractivity (Wildman–Crippen MR) is 118 cm³/mol. The summed E-state index contributed by atoms with van der Waals surface area (Å²) in [6.45, 7) is 2.08. The molecule has 1 amide bonds. The van der Waals surface area contributed by atoms with E-state index in [1.807, 2.05) is 0 Å². The standard InChI is InChI=1S/C23H23F3N4O4/c1-15-5-3-6-18(13-15)30-22(33)29(14-16-7-9-17(10-8-16)23(24,25)26)21(32)19(28-30)20(31)27-11-4-12-34-2/h3,5-10,13H,4,11-12,14H2,1-2H3,(H,27,31). The number of nitrogens with zero attached hydrogens (tertiary/aromatic N) is 3. The maximum atomic E-state index is 13.1. The Hall–Kier alpha value is -3.73. The van der Waals surface area contributed by atoms with Crippen molar-refractivity contribution in [2.45, 2.75) is 26.1 Å². The Kier molecular flexibility index (Phi) is 7.67. The summed E-state index contributed by atoms with van der Waals surface area (Å²) in [4.78, 5) is 38.8. The number of rotatable bonds is 8. The molecule has 0 unspecified atom stereocenters. The molecule has 0 saturated heterocycles. The largest absolute Gasteiger partial charge is 0.416 e. The molecule has 0 aliphatic carbocycles. The summed E-state index contributed by atoms with van der Waals surface area (Å²) in [5.41, 5.74) is -1.71. The molecule has 0 atom stereocenters. The summed E-state index contributed by atoms with van der Waals surface area (Å²) in [7, 11) is 1.51. The normalized spacial score (nSPS) is 11.4. The first-order valence-electron chi connectivity index (χ1n) is 10.4. The number of ether oxygens (including phenoxy) is 1. The lowest BCUT2D eigenvalue weighted by Crippen LogP contribution is -2.46. The Balaban J connectivity index is 2.06. The number of hydrogen-bond donors (Lipinski definition) is 1. The van der Waals surface area contributed by atoms with Gasteiger partial charge in [-0.25, -0.2) is 4.79 Å². The van der Waals surface area contributed by atoms with E-state index in [4.69, 9.17) is 4.74 Å². The van der Waals surface area contributed by atoms with Crippen LogP contribution in [0.1, 0.15) is 33.6 Å². The van der Waals surface area contributed by atoms with Gasteiger partial charge in [0.2, 0.25) is 5.69 Å². The number of halogens is 3. The van der Waals surface area contributed by atoms with E-state index in [1.54, 1.807) is 31.2 Å². The second-order valence-corrected chi connectivity index (χ2v) is 7.57. The van der Waals surface area contributed by atoms with Gasteiger partial charge in [0.1, 0.15) is 0 Å². The number of aryl methyl sites for hydroxylation is 1. The molecule has 0 aliphatic rings. The van der Waals surface area contributed by atoms with Gasteiger partial charge >= 0.3 is 11.9 Å². The minimum atomic E-state index is -4.52. The number of nitrogens with one attached hydrogen (secondary N) is 1. The minimum Gasteiger partial charge on any atom is -0.385 e. The maximum absolute atomic E-state index is 13.1. The third-order valence-corrected chi connectivity index (χ3v) is 4.95. The average molecular weight is 476 g/mol. The highest BCUT2D eigenvalue weighted by Crippen LogP contribution is 2.29. The Labute approximate surface area is 192 Å². The van der Waals surface area contributed by atoms with Crippen molar-refractivity contribution < 1.29 is 22.7 Å². The van der Waals surface area contributed by atoms with Crippen molar-refractivity contribution >= 4 is 5.91 Å². The number of methoxy groups -OCH3 is 1. The van der Waals surface area contributed by atoms with E-state index >= 15 is 0 Å². The summed E-state index contributed by atoms with van der Waals surface area (Å²) in [6, 6.07) is 10.8. The van der Waals surface area contributed by atoms with E-state index in [2.05, 4.69) is 10.4 Å². The number of carbonyl (C=O) groups excluding carboxylic acids is 1. The highest BCUT2D eigenvalue weighted by molar-refractivity contribution is 5.91. The van der Waals surface area contributed by atoms with Gasteiger partial charge in [0.05, 0.1) is 17.8 Å². The number of amides is 1. The smallest absolute Gasteiger partial charge is 0.385 e. The SMILES string of the molecule is COCCCNC(=O)c1nn(-c2cccc(C)c2)c(=O)n(Cc2ccc(C(F)(F)F)cc2)c1=O. The monoisotopic (exact) mass is 476 g/mol. The maximum Gasteiger partial charge on any atom is 0.416 e. The van der Waals surface area contributed by atoms with Crippen LogP contribution in [-0.4, -0.2) is 40.5 Å². The van der Waals surface area contributed by atoms with Gasteiger partial charge in [-0.3, -0.25) is 14.2 Å². The molecule has 180 valence electrons. The van der Waals surface area contributed by atoms with Crippen LogP contribution < -0.4 is 16.6 Å². The Morgan fingerprint density at radius 2 is 1.82 bits per heavy atom. The molecular weight excluding hydrogens is 453 g/mol. The lowest BCUT2D eigenvalue weighted by Gasteiger charge is -2.13. The number of benzene rings is 2. The topological polar surface area (TPSA) is 95.2 Å². The molecule has 3 rings (SSSR count). The van der Waals surface area contributed by atoms with Crippen LogP contribution in [0.5, 0.6) is 0 Å². The molecule has 1 aromatic heterocycles. The molecule has 0 fully saturated rings. The van der Waals surface area contributed by atoms with E-state index < -0.39 is 34.6 Å². The van der Waals surface area contributed by atoms with Gasteiger partial charge in [-0.05, 0) is 48.7 Å². The van der Waals surface area contributed by atoms with Gasteiger partial charge in [0.15, 0.2) is 0 Å². The molecule has 11 heteroatoms. The van der Waals surface area contributed by atoms with Crippen molar-refractivity contribution in [3.05, 3.63) is 91.8 Å². The van der Waals surface area contributed by atoms with Crippen LogP contribution >= 0.6 is 0 Å². The summed E-state index contributed by atoms with van der Waals surface area (Å²) in [6.07, 6.45) is -4.02. The van der Waals surface area contributed by atoms with Crippen molar-refractivity contribution in [1.29, 1.82) is 0 Å². The van der Waals surface area contributed by atoms with Crippen LogP contribution in [0, 0.1) is 6.92 Å². The fourth-order valence-corrected chi connectivity index (χ4v) is 3.21. The molecule has 2 aromatic carbocycles.